The summed E-state index contributed by atoms with van der Waals surface area (Å²) < 4.78 is 5.20. The topological polar surface area (TPSA) is 38.3 Å². The molecule has 0 bridgehead atoms. The van der Waals surface area contributed by atoms with Crippen molar-refractivity contribution >= 4 is 28.8 Å². The molecule has 1 N–H and O–H groups in total. The molecule has 0 heterocycles. The summed E-state index contributed by atoms with van der Waals surface area (Å²) in [6, 6.07) is 22.6. The molecule has 0 saturated heterocycles. The van der Waals surface area contributed by atoms with Gasteiger partial charge in [0.05, 0.1) is 12.1 Å². The molecular weight excluding hydrogens is 358 g/mol. The number of benzene rings is 3. The van der Waals surface area contributed by atoms with E-state index in [0.717, 1.165) is 22.6 Å². The first kappa shape index (κ1) is 18.7. The normalized spacial score (nSPS) is 11.1. The SMILES string of the molecule is COc1ccc(N/C(=C/C(=O)c2ccccc2Cl)c2ccc(C)cc2)cc1. The van der Waals surface area contributed by atoms with Crippen molar-refractivity contribution in [2.75, 3.05) is 12.4 Å². The maximum absolute atomic E-state index is 12.8. The van der Waals surface area contributed by atoms with Crippen molar-refractivity contribution in [1.82, 2.24) is 0 Å². The molecule has 0 fully saturated rings. The Hall–Kier alpha value is -3.04. The minimum absolute atomic E-state index is 0.155. The van der Waals surface area contributed by atoms with E-state index in [1.165, 1.54) is 0 Å². The number of allylic oxidation sites excluding steroid dienone is 1. The van der Waals surface area contributed by atoms with Gasteiger partial charge in [-0.3, -0.25) is 4.79 Å². The van der Waals surface area contributed by atoms with Crippen molar-refractivity contribution in [2.24, 2.45) is 0 Å². The Labute approximate surface area is 164 Å². The van der Waals surface area contributed by atoms with Crippen LogP contribution in [0.1, 0.15) is 21.5 Å². The number of nitrogens with one attached hydrogen (secondary N) is 1. The number of rotatable bonds is 6. The molecule has 136 valence electrons. The first-order valence-corrected chi connectivity index (χ1v) is 8.93. The van der Waals surface area contributed by atoms with Crippen molar-refractivity contribution in [3.8, 4) is 5.75 Å². The van der Waals surface area contributed by atoms with E-state index in [9.17, 15) is 4.79 Å². The predicted octanol–water partition coefficient (Wildman–Crippen LogP) is 5.99. The van der Waals surface area contributed by atoms with E-state index in [1.54, 1.807) is 37.5 Å². The van der Waals surface area contributed by atoms with Crippen LogP contribution in [-0.4, -0.2) is 12.9 Å². The summed E-state index contributed by atoms with van der Waals surface area (Å²) in [5.74, 6) is 0.616. The van der Waals surface area contributed by atoms with Crippen molar-refractivity contribution in [3.05, 3.63) is 101 Å². The van der Waals surface area contributed by atoms with E-state index in [0.29, 0.717) is 16.3 Å². The van der Waals surface area contributed by atoms with E-state index < -0.39 is 0 Å². The van der Waals surface area contributed by atoms with Crippen LogP contribution < -0.4 is 10.1 Å². The number of hydrogen-bond acceptors (Lipinski definition) is 3. The van der Waals surface area contributed by atoms with Crippen LogP contribution in [0.2, 0.25) is 5.02 Å². The zero-order valence-corrected chi connectivity index (χ0v) is 16.0. The van der Waals surface area contributed by atoms with E-state index >= 15 is 0 Å². The van der Waals surface area contributed by atoms with Crippen molar-refractivity contribution < 1.29 is 9.53 Å². The van der Waals surface area contributed by atoms with E-state index in [2.05, 4.69) is 5.32 Å². The maximum atomic E-state index is 12.8. The molecule has 0 spiro atoms. The largest absolute Gasteiger partial charge is 0.497 e. The number of carbonyl (C=O) groups excluding carboxylic acids is 1. The quantitative estimate of drug-likeness (QED) is 0.423. The summed E-state index contributed by atoms with van der Waals surface area (Å²) in [6.07, 6.45) is 1.58. The second-order valence-corrected chi connectivity index (χ2v) is 6.53. The fourth-order valence-corrected chi connectivity index (χ4v) is 2.85. The third-order valence-electron chi connectivity index (χ3n) is 4.15. The molecule has 3 aromatic carbocycles. The van der Waals surface area contributed by atoms with Gasteiger partial charge in [-0.15, -0.1) is 0 Å². The predicted molar refractivity (Wildman–Crippen MR) is 112 cm³/mol. The van der Waals surface area contributed by atoms with Gasteiger partial charge in [0, 0.05) is 23.0 Å². The first-order chi connectivity index (χ1) is 13.1. The Morgan fingerprint density at radius 1 is 0.963 bits per heavy atom. The molecule has 0 aliphatic carbocycles. The van der Waals surface area contributed by atoms with Gasteiger partial charge in [0.2, 0.25) is 0 Å². The highest BCUT2D eigenvalue weighted by molar-refractivity contribution is 6.34. The monoisotopic (exact) mass is 377 g/mol. The van der Waals surface area contributed by atoms with Gasteiger partial charge < -0.3 is 10.1 Å². The van der Waals surface area contributed by atoms with Crippen molar-refractivity contribution in [3.63, 3.8) is 0 Å². The van der Waals surface area contributed by atoms with Gasteiger partial charge in [-0.25, -0.2) is 0 Å². The molecule has 0 unspecified atom stereocenters. The van der Waals surface area contributed by atoms with Gasteiger partial charge >= 0.3 is 0 Å². The number of ether oxygens (including phenoxy) is 1. The summed E-state index contributed by atoms with van der Waals surface area (Å²) in [7, 11) is 1.63. The zero-order valence-electron chi connectivity index (χ0n) is 15.2. The summed E-state index contributed by atoms with van der Waals surface area (Å²) >= 11 is 6.18. The highest BCUT2D eigenvalue weighted by atomic mass is 35.5. The van der Waals surface area contributed by atoms with Crippen LogP contribution in [0.3, 0.4) is 0 Å². The standard InChI is InChI=1S/C23H20ClNO2/c1-16-7-9-17(10-8-16)22(25-18-11-13-19(27-2)14-12-18)15-23(26)20-5-3-4-6-21(20)24/h3-15,25H,1-2H3/b22-15+. The molecule has 0 aliphatic rings. The molecule has 0 saturated carbocycles. The fourth-order valence-electron chi connectivity index (χ4n) is 2.62. The lowest BCUT2D eigenvalue weighted by molar-refractivity contribution is 0.104. The molecule has 0 aromatic heterocycles. The lowest BCUT2D eigenvalue weighted by Crippen LogP contribution is -2.04. The molecule has 27 heavy (non-hydrogen) atoms. The highest BCUT2D eigenvalue weighted by Gasteiger charge is 2.11. The number of hydrogen-bond donors (Lipinski definition) is 1. The van der Waals surface area contributed by atoms with Gasteiger partial charge in [-0.05, 0) is 48.9 Å². The number of halogens is 1. The lowest BCUT2D eigenvalue weighted by atomic mass is 10.0. The Kier molecular flexibility index (Phi) is 5.94. The molecule has 0 aliphatic heterocycles. The highest BCUT2D eigenvalue weighted by Crippen LogP contribution is 2.23. The Balaban J connectivity index is 1.97. The van der Waals surface area contributed by atoms with Crippen LogP contribution in [0.15, 0.2) is 78.9 Å². The van der Waals surface area contributed by atoms with Gasteiger partial charge in [-0.2, -0.15) is 0 Å². The first-order valence-electron chi connectivity index (χ1n) is 8.55. The molecule has 3 nitrogen and oxygen atoms in total. The Morgan fingerprint density at radius 3 is 2.26 bits per heavy atom. The maximum Gasteiger partial charge on any atom is 0.189 e. The molecule has 4 heteroatoms. The van der Waals surface area contributed by atoms with Crippen LogP contribution in [0.5, 0.6) is 5.75 Å². The number of anilines is 1. The zero-order chi connectivity index (χ0) is 19.2. The van der Waals surface area contributed by atoms with Crippen molar-refractivity contribution in [2.45, 2.75) is 6.92 Å². The molecule has 0 amide bonds. The van der Waals surface area contributed by atoms with E-state index in [-0.39, 0.29) is 5.78 Å². The van der Waals surface area contributed by atoms with E-state index in [1.807, 2.05) is 55.5 Å². The van der Waals surface area contributed by atoms with Gasteiger partial charge in [-0.1, -0.05) is 53.6 Å². The van der Waals surface area contributed by atoms with Gasteiger partial charge in [0.15, 0.2) is 5.78 Å². The van der Waals surface area contributed by atoms with Crippen LogP contribution in [0.4, 0.5) is 5.69 Å². The molecule has 3 rings (SSSR count). The van der Waals surface area contributed by atoms with Crippen LogP contribution in [0.25, 0.3) is 5.70 Å². The van der Waals surface area contributed by atoms with E-state index in [4.69, 9.17) is 16.3 Å². The lowest BCUT2D eigenvalue weighted by Gasteiger charge is -2.13. The second-order valence-electron chi connectivity index (χ2n) is 6.12. The number of ketones is 1. The van der Waals surface area contributed by atoms with Crippen molar-refractivity contribution in [1.29, 1.82) is 0 Å². The fraction of sp³-hybridized carbons (Fsp3) is 0.0870. The van der Waals surface area contributed by atoms with Crippen LogP contribution in [0, 0.1) is 6.92 Å². The second kappa shape index (κ2) is 8.56. The summed E-state index contributed by atoms with van der Waals surface area (Å²) in [5, 5.41) is 3.76. The van der Waals surface area contributed by atoms with Crippen LogP contribution >= 0.6 is 11.6 Å². The molecule has 0 atom stereocenters. The van der Waals surface area contributed by atoms with Gasteiger partial charge in [0.25, 0.3) is 0 Å². The van der Waals surface area contributed by atoms with Gasteiger partial charge in [0.1, 0.15) is 5.75 Å². The van der Waals surface area contributed by atoms with Crippen LogP contribution in [-0.2, 0) is 0 Å². The minimum Gasteiger partial charge on any atom is -0.497 e. The third-order valence-corrected chi connectivity index (χ3v) is 4.48. The smallest absolute Gasteiger partial charge is 0.189 e. The summed E-state index contributed by atoms with van der Waals surface area (Å²) in [5.41, 5.74) is 4.09. The molecular formula is C23H20ClNO2. The minimum atomic E-state index is -0.155. The third kappa shape index (κ3) is 4.78. The molecule has 0 radical (unpaired) electrons. The average Bonchev–Trinajstić information content (AvgIpc) is 2.69. The molecule has 3 aromatic rings. The Bertz CT molecular complexity index is 960. The number of methoxy groups -OCH3 is 1. The Morgan fingerprint density at radius 2 is 1.63 bits per heavy atom. The number of aryl methyl sites for hydroxylation is 1. The summed E-state index contributed by atoms with van der Waals surface area (Å²) in [4.78, 5) is 12.8. The number of carbonyl (C=O) groups is 1. The average molecular weight is 378 g/mol. The summed E-state index contributed by atoms with van der Waals surface area (Å²) in [6.45, 7) is 2.03.